The van der Waals surface area contributed by atoms with Gasteiger partial charge in [-0.2, -0.15) is 24.3 Å². The average Bonchev–Trinajstić information content (AvgIpc) is 2.86. The Morgan fingerprint density at radius 1 is 1.32 bits per heavy atom. The number of fused-ring (bicyclic) bond motifs is 1. The topological polar surface area (TPSA) is 26.3 Å². The van der Waals surface area contributed by atoms with Crippen LogP contribution in [0.5, 0.6) is 0 Å². The van der Waals surface area contributed by atoms with Crippen molar-refractivity contribution in [2.45, 2.75) is 19.1 Å². The minimum Gasteiger partial charge on any atom is -0.371 e. The van der Waals surface area contributed by atoms with Gasteiger partial charge in [-0.3, -0.25) is 4.79 Å². The Labute approximate surface area is 154 Å². The number of rotatable bonds is 3. The summed E-state index contributed by atoms with van der Waals surface area (Å²) in [6.45, 7) is 1.93. The molecule has 3 rings (SSSR count). The third-order valence-corrected chi connectivity index (χ3v) is 3.63. The molecule has 106 valence electrons. The molecule has 22 heavy (non-hydrogen) atoms. The van der Waals surface area contributed by atoms with Crippen molar-refractivity contribution >= 4 is 5.78 Å². The van der Waals surface area contributed by atoms with E-state index in [0.29, 0.717) is 6.61 Å². The van der Waals surface area contributed by atoms with E-state index in [9.17, 15) is 9.18 Å². The normalized spacial score (nSPS) is 19.7. The number of halogens is 1. The monoisotopic (exact) mass is 370 g/mol. The number of hydrogen-bond donors (Lipinski definition) is 0. The Morgan fingerprint density at radius 3 is 2.73 bits per heavy atom. The van der Waals surface area contributed by atoms with E-state index in [4.69, 9.17) is 4.74 Å². The van der Waals surface area contributed by atoms with E-state index in [1.807, 2.05) is 18.2 Å². The molecule has 0 bridgehead atoms. The fourth-order valence-corrected chi connectivity index (χ4v) is 2.62. The second-order valence-corrected chi connectivity index (χ2v) is 5.06. The van der Waals surface area contributed by atoms with Crippen molar-refractivity contribution in [3.05, 3.63) is 83.2 Å². The Balaban J connectivity index is 0.00000176. The zero-order chi connectivity index (χ0) is 14.9. The summed E-state index contributed by atoms with van der Waals surface area (Å²) >= 11 is 0. The van der Waals surface area contributed by atoms with Crippen LogP contribution in [-0.2, 0) is 54.4 Å². The van der Waals surface area contributed by atoms with Gasteiger partial charge in [-0.05, 0) is 36.8 Å². The molecule has 0 saturated carbocycles. The summed E-state index contributed by atoms with van der Waals surface area (Å²) in [6, 6.07) is 14.8. The van der Waals surface area contributed by atoms with Gasteiger partial charge in [0, 0.05) is 6.61 Å². The first-order valence-electron chi connectivity index (χ1n) is 6.71. The molecule has 1 aliphatic rings. The second-order valence-electron chi connectivity index (χ2n) is 5.06. The number of benzene rings is 2. The molecule has 1 aliphatic heterocycles. The molecular weight excluding hydrogens is 356 g/mol. The van der Waals surface area contributed by atoms with E-state index < -0.39 is 5.60 Å². The maximum Gasteiger partial charge on any atom is 3.00 e. The van der Waals surface area contributed by atoms with Crippen LogP contribution in [0.15, 0.2) is 54.6 Å². The van der Waals surface area contributed by atoms with Gasteiger partial charge in [0.15, 0.2) is 5.78 Å². The third-order valence-electron chi connectivity index (χ3n) is 3.63. The smallest absolute Gasteiger partial charge is 0.371 e. The Kier molecular flexibility index (Phi) is 5.43. The molecular formula is C18H14FO2Y+2. The van der Waals surface area contributed by atoms with E-state index in [2.05, 4.69) is 6.07 Å². The molecule has 2 nitrogen and oxygen atoms in total. The van der Waals surface area contributed by atoms with Gasteiger partial charge in [0.2, 0.25) is 0 Å². The summed E-state index contributed by atoms with van der Waals surface area (Å²) in [7, 11) is 0. The molecule has 1 atom stereocenters. The fourth-order valence-electron chi connectivity index (χ4n) is 2.62. The summed E-state index contributed by atoms with van der Waals surface area (Å²) in [5.74, 6) is -0.361. The Bertz CT molecular complexity index is 709. The van der Waals surface area contributed by atoms with Crippen LogP contribution in [0.3, 0.4) is 0 Å². The zero-order valence-corrected chi connectivity index (χ0v) is 15.0. The molecule has 0 radical (unpaired) electrons. The number of ketones is 1. The Hall–Kier alpha value is -1.16. The quantitative estimate of drug-likeness (QED) is 0.610. The number of hydrogen-bond acceptors (Lipinski definition) is 2. The van der Waals surface area contributed by atoms with Gasteiger partial charge in [0.25, 0.3) is 0 Å². The Morgan fingerprint density at radius 2 is 2.05 bits per heavy atom. The first kappa shape index (κ1) is 17.2. The predicted octanol–water partition coefficient (Wildman–Crippen LogP) is 3.54. The molecule has 0 aliphatic carbocycles. The minimum absolute atomic E-state index is 0. The van der Waals surface area contributed by atoms with Crippen molar-refractivity contribution in [1.29, 1.82) is 0 Å². The maximum absolute atomic E-state index is 13.2. The van der Waals surface area contributed by atoms with Crippen LogP contribution in [-0.4, -0.2) is 5.78 Å². The first-order valence-corrected chi connectivity index (χ1v) is 6.71. The molecule has 2 aromatic carbocycles. The van der Waals surface area contributed by atoms with E-state index >= 15 is 0 Å². The van der Waals surface area contributed by atoms with Gasteiger partial charge in [-0.1, -0.05) is 12.1 Å². The SMILES string of the molecule is CC(=O)/C=C/C1(c2ccc(F)cc2)OCc2c[c-]ccc21.[Y+3]. The van der Waals surface area contributed by atoms with Gasteiger partial charge >= 0.3 is 32.7 Å². The van der Waals surface area contributed by atoms with Crippen molar-refractivity contribution in [2.24, 2.45) is 0 Å². The van der Waals surface area contributed by atoms with Crippen molar-refractivity contribution in [3.63, 3.8) is 0 Å². The fraction of sp³-hybridized carbons (Fsp3) is 0.167. The van der Waals surface area contributed by atoms with Gasteiger partial charge in [-0.25, -0.2) is 4.39 Å². The second kappa shape index (κ2) is 6.95. The van der Waals surface area contributed by atoms with E-state index in [1.54, 1.807) is 18.2 Å². The van der Waals surface area contributed by atoms with E-state index in [-0.39, 0.29) is 44.3 Å². The molecule has 4 heteroatoms. The summed E-state index contributed by atoms with van der Waals surface area (Å²) < 4.78 is 19.2. The third kappa shape index (κ3) is 3.12. The summed E-state index contributed by atoms with van der Waals surface area (Å²) in [5, 5.41) is 0. The van der Waals surface area contributed by atoms with Crippen LogP contribution in [0.4, 0.5) is 4.39 Å². The molecule has 2 aromatic rings. The van der Waals surface area contributed by atoms with E-state index in [1.165, 1.54) is 25.1 Å². The van der Waals surface area contributed by atoms with Crippen LogP contribution in [0.1, 0.15) is 23.6 Å². The number of ether oxygens (including phenoxy) is 1. The number of carbonyl (C=O) groups excluding carboxylic acids is 1. The van der Waals surface area contributed by atoms with Crippen molar-refractivity contribution < 1.29 is 46.6 Å². The molecule has 0 saturated heterocycles. The van der Waals surface area contributed by atoms with Crippen molar-refractivity contribution in [2.75, 3.05) is 0 Å². The molecule has 0 spiro atoms. The van der Waals surface area contributed by atoms with Crippen LogP contribution in [0, 0.1) is 11.9 Å². The van der Waals surface area contributed by atoms with Crippen LogP contribution in [0.2, 0.25) is 0 Å². The first-order chi connectivity index (χ1) is 10.1. The standard InChI is InChI=1S/C18H14FO2.Y/c1-13(20)10-11-18(15-6-8-16(19)9-7-15)17-5-3-2-4-14(17)12-21-18;/h3-11H,12H2,1H3;/q-1;+3/b11-10+;. The van der Waals surface area contributed by atoms with Crippen LogP contribution >= 0.6 is 0 Å². The van der Waals surface area contributed by atoms with Gasteiger partial charge in [0.1, 0.15) is 11.4 Å². The van der Waals surface area contributed by atoms with E-state index in [0.717, 1.165) is 16.7 Å². The molecule has 0 N–H and O–H groups in total. The van der Waals surface area contributed by atoms with Gasteiger partial charge < -0.3 is 4.74 Å². The molecule has 0 amide bonds. The minimum atomic E-state index is -0.843. The van der Waals surface area contributed by atoms with Crippen molar-refractivity contribution in [3.8, 4) is 0 Å². The summed E-state index contributed by atoms with van der Waals surface area (Å²) in [6.07, 6.45) is 3.24. The predicted molar refractivity (Wildman–Crippen MR) is 77.1 cm³/mol. The number of allylic oxidation sites excluding steroid dienone is 1. The summed E-state index contributed by atoms with van der Waals surface area (Å²) in [4.78, 5) is 11.3. The van der Waals surface area contributed by atoms with Gasteiger partial charge in [0.05, 0.1) is 0 Å². The van der Waals surface area contributed by atoms with Gasteiger partial charge in [-0.15, -0.1) is 11.1 Å². The maximum atomic E-state index is 13.2. The van der Waals surface area contributed by atoms with Crippen LogP contribution < -0.4 is 0 Å². The van der Waals surface area contributed by atoms with Crippen molar-refractivity contribution in [1.82, 2.24) is 0 Å². The summed E-state index contributed by atoms with van der Waals surface area (Å²) in [5.41, 5.74) is 1.94. The molecule has 0 fully saturated rings. The zero-order valence-electron chi connectivity index (χ0n) is 12.2. The largest absolute Gasteiger partial charge is 3.00 e. The average molecular weight is 370 g/mol. The molecule has 0 aromatic heterocycles. The van der Waals surface area contributed by atoms with Crippen LogP contribution in [0.25, 0.3) is 0 Å². The molecule has 1 unspecified atom stereocenters. The number of carbonyl (C=O) groups is 1. The molecule has 1 heterocycles.